The molecule has 2 aromatic carbocycles. The Hall–Kier alpha value is -1.65. The van der Waals surface area contributed by atoms with Crippen molar-refractivity contribution in [1.82, 2.24) is 0 Å². The van der Waals surface area contributed by atoms with Gasteiger partial charge in [0.2, 0.25) is 5.91 Å². The fourth-order valence-electron chi connectivity index (χ4n) is 1.68. The van der Waals surface area contributed by atoms with E-state index in [1.165, 1.54) is 17.3 Å². The zero-order valence-corrected chi connectivity index (χ0v) is 12.6. The van der Waals surface area contributed by atoms with Crippen molar-refractivity contribution in [3.05, 3.63) is 53.1 Å². The van der Waals surface area contributed by atoms with Crippen molar-refractivity contribution in [3.8, 4) is 0 Å². The highest BCUT2D eigenvalue weighted by molar-refractivity contribution is 8.00. The highest BCUT2D eigenvalue weighted by atomic mass is 35.5. The second kappa shape index (κ2) is 6.68. The summed E-state index contributed by atoms with van der Waals surface area (Å²) in [4.78, 5) is 13.0. The average molecular weight is 307 g/mol. The van der Waals surface area contributed by atoms with Gasteiger partial charge in [0.1, 0.15) is 0 Å². The molecule has 2 aromatic rings. The minimum atomic E-state index is -0.0695. The number of rotatable bonds is 4. The molecule has 0 spiro atoms. The van der Waals surface area contributed by atoms with Crippen LogP contribution in [0.3, 0.4) is 0 Å². The quantitative estimate of drug-likeness (QED) is 0.664. The predicted molar refractivity (Wildman–Crippen MR) is 86.4 cm³/mol. The normalized spacial score (nSPS) is 10.3. The minimum absolute atomic E-state index is 0.0695. The lowest BCUT2D eigenvalue weighted by atomic mass is 10.2. The summed E-state index contributed by atoms with van der Waals surface area (Å²) >= 11 is 7.35. The SMILES string of the molecule is Cc1ccccc1SCC(=O)Nc1ccc(Cl)c(N)c1. The van der Waals surface area contributed by atoms with Gasteiger partial charge in [0.15, 0.2) is 0 Å². The molecule has 104 valence electrons. The predicted octanol–water partition coefficient (Wildman–Crippen LogP) is 3.96. The van der Waals surface area contributed by atoms with Gasteiger partial charge in [-0.2, -0.15) is 0 Å². The summed E-state index contributed by atoms with van der Waals surface area (Å²) in [5.41, 5.74) is 7.97. The van der Waals surface area contributed by atoms with Crippen LogP contribution in [-0.2, 0) is 4.79 Å². The first-order chi connectivity index (χ1) is 9.56. The van der Waals surface area contributed by atoms with E-state index in [-0.39, 0.29) is 5.91 Å². The molecule has 0 aliphatic rings. The molecule has 0 aliphatic carbocycles. The Morgan fingerprint density at radius 1 is 1.30 bits per heavy atom. The number of hydrogen-bond acceptors (Lipinski definition) is 3. The molecule has 0 fully saturated rings. The third-order valence-corrected chi connectivity index (χ3v) is 4.25. The fourth-order valence-corrected chi connectivity index (χ4v) is 2.63. The summed E-state index contributed by atoms with van der Waals surface area (Å²) in [5.74, 6) is 0.285. The van der Waals surface area contributed by atoms with Gasteiger partial charge in [-0.05, 0) is 36.8 Å². The Morgan fingerprint density at radius 2 is 2.05 bits per heavy atom. The van der Waals surface area contributed by atoms with Crippen molar-refractivity contribution in [2.75, 3.05) is 16.8 Å². The smallest absolute Gasteiger partial charge is 0.234 e. The molecule has 0 unspecified atom stereocenters. The number of nitrogens with one attached hydrogen (secondary N) is 1. The van der Waals surface area contributed by atoms with E-state index < -0.39 is 0 Å². The van der Waals surface area contributed by atoms with Gasteiger partial charge in [-0.3, -0.25) is 4.79 Å². The Kier molecular flexibility index (Phi) is 4.93. The van der Waals surface area contributed by atoms with Gasteiger partial charge in [0.05, 0.1) is 16.5 Å². The fraction of sp³-hybridized carbons (Fsp3) is 0.133. The van der Waals surface area contributed by atoms with Gasteiger partial charge in [-0.25, -0.2) is 0 Å². The molecule has 0 saturated heterocycles. The Balaban J connectivity index is 1.93. The Morgan fingerprint density at radius 3 is 2.75 bits per heavy atom. The lowest BCUT2D eigenvalue weighted by Gasteiger charge is -2.08. The number of aryl methyl sites for hydroxylation is 1. The molecule has 1 amide bonds. The lowest BCUT2D eigenvalue weighted by molar-refractivity contribution is -0.113. The number of carbonyl (C=O) groups excluding carboxylic acids is 1. The third kappa shape index (κ3) is 3.92. The van der Waals surface area contributed by atoms with Gasteiger partial charge in [0, 0.05) is 10.6 Å². The minimum Gasteiger partial charge on any atom is -0.397 e. The summed E-state index contributed by atoms with van der Waals surface area (Å²) in [7, 11) is 0. The largest absolute Gasteiger partial charge is 0.397 e. The van der Waals surface area contributed by atoms with Crippen LogP contribution >= 0.6 is 23.4 Å². The molecular weight excluding hydrogens is 292 g/mol. The first-order valence-corrected chi connectivity index (χ1v) is 7.46. The number of benzene rings is 2. The molecule has 0 radical (unpaired) electrons. The van der Waals surface area contributed by atoms with Crippen molar-refractivity contribution in [1.29, 1.82) is 0 Å². The van der Waals surface area contributed by atoms with E-state index in [9.17, 15) is 4.79 Å². The van der Waals surface area contributed by atoms with Crippen molar-refractivity contribution in [3.63, 3.8) is 0 Å². The van der Waals surface area contributed by atoms with Crippen LogP contribution in [0.1, 0.15) is 5.56 Å². The molecule has 0 heterocycles. The average Bonchev–Trinajstić information content (AvgIpc) is 2.42. The molecule has 5 heteroatoms. The summed E-state index contributed by atoms with van der Waals surface area (Å²) in [6, 6.07) is 13.0. The molecule has 2 rings (SSSR count). The third-order valence-electron chi connectivity index (χ3n) is 2.73. The summed E-state index contributed by atoms with van der Waals surface area (Å²) in [6.45, 7) is 2.03. The highest BCUT2D eigenvalue weighted by Crippen LogP contribution is 2.24. The Bertz CT molecular complexity index is 631. The maximum atomic E-state index is 11.9. The van der Waals surface area contributed by atoms with E-state index in [0.717, 1.165) is 4.90 Å². The van der Waals surface area contributed by atoms with E-state index >= 15 is 0 Å². The van der Waals surface area contributed by atoms with Gasteiger partial charge in [0.25, 0.3) is 0 Å². The van der Waals surface area contributed by atoms with E-state index in [1.807, 2.05) is 31.2 Å². The van der Waals surface area contributed by atoms with Crippen LogP contribution in [-0.4, -0.2) is 11.7 Å². The second-order valence-electron chi connectivity index (χ2n) is 4.34. The van der Waals surface area contributed by atoms with Gasteiger partial charge >= 0.3 is 0 Å². The van der Waals surface area contributed by atoms with Crippen LogP contribution in [0.15, 0.2) is 47.4 Å². The molecule has 3 nitrogen and oxygen atoms in total. The van der Waals surface area contributed by atoms with Crippen LogP contribution in [0, 0.1) is 6.92 Å². The summed E-state index contributed by atoms with van der Waals surface area (Å²) < 4.78 is 0. The molecule has 0 saturated carbocycles. The van der Waals surface area contributed by atoms with Crippen molar-refractivity contribution < 1.29 is 4.79 Å². The molecule has 0 aliphatic heterocycles. The molecule has 0 aromatic heterocycles. The number of amides is 1. The molecule has 0 bridgehead atoms. The standard InChI is InChI=1S/C15H15ClN2OS/c1-10-4-2-3-5-14(10)20-9-15(19)18-11-6-7-12(16)13(17)8-11/h2-8H,9,17H2,1H3,(H,18,19). The number of halogens is 1. The summed E-state index contributed by atoms with van der Waals surface area (Å²) in [6.07, 6.45) is 0. The first kappa shape index (κ1) is 14.8. The van der Waals surface area contributed by atoms with E-state index in [4.69, 9.17) is 17.3 Å². The number of nitrogen functional groups attached to an aromatic ring is 1. The van der Waals surface area contributed by atoms with Crippen LogP contribution in [0.25, 0.3) is 0 Å². The van der Waals surface area contributed by atoms with Crippen molar-refractivity contribution >= 4 is 40.6 Å². The highest BCUT2D eigenvalue weighted by Gasteiger charge is 2.06. The number of thioether (sulfide) groups is 1. The Labute approximate surface area is 127 Å². The first-order valence-electron chi connectivity index (χ1n) is 6.09. The zero-order valence-electron chi connectivity index (χ0n) is 11.0. The van der Waals surface area contributed by atoms with Gasteiger partial charge < -0.3 is 11.1 Å². The summed E-state index contributed by atoms with van der Waals surface area (Å²) in [5, 5.41) is 3.28. The van der Waals surface area contributed by atoms with Crippen LogP contribution in [0.4, 0.5) is 11.4 Å². The molecule has 0 atom stereocenters. The second-order valence-corrected chi connectivity index (χ2v) is 5.76. The van der Waals surface area contributed by atoms with E-state index in [2.05, 4.69) is 5.32 Å². The van der Waals surface area contributed by atoms with Crippen LogP contribution in [0.5, 0.6) is 0 Å². The number of carbonyl (C=O) groups is 1. The number of nitrogens with two attached hydrogens (primary N) is 1. The van der Waals surface area contributed by atoms with Crippen LogP contribution in [0.2, 0.25) is 5.02 Å². The molecule has 3 N–H and O–H groups in total. The number of anilines is 2. The lowest BCUT2D eigenvalue weighted by Crippen LogP contribution is -2.14. The van der Waals surface area contributed by atoms with Crippen LogP contribution < -0.4 is 11.1 Å². The zero-order chi connectivity index (χ0) is 14.5. The maximum Gasteiger partial charge on any atom is 0.234 e. The maximum absolute atomic E-state index is 11.9. The van der Waals surface area contributed by atoms with Crippen molar-refractivity contribution in [2.24, 2.45) is 0 Å². The monoisotopic (exact) mass is 306 g/mol. The molecular formula is C15H15ClN2OS. The molecule has 20 heavy (non-hydrogen) atoms. The van der Waals surface area contributed by atoms with E-state index in [0.29, 0.717) is 22.2 Å². The van der Waals surface area contributed by atoms with E-state index in [1.54, 1.807) is 18.2 Å². The number of hydrogen-bond donors (Lipinski definition) is 2. The topological polar surface area (TPSA) is 55.1 Å². The van der Waals surface area contributed by atoms with Gasteiger partial charge in [-0.15, -0.1) is 11.8 Å². The van der Waals surface area contributed by atoms with Gasteiger partial charge in [-0.1, -0.05) is 29.8 Å². The van der Waals surface area contributed by atoms with Crippen molar-refractivity contribution in [2.45, 2.75) is 11.8 Å².